The van der Waals surface area contributed by atoms with E-state index in [9.17, 15) is 9.59 Å². The number of esters is 1. The summed E-state index contributed by atoms with van der Waals surface area (Å²) in [7, 11) is 1.53. The Morgan fingerprint density at radius 1 is 1.03 bits per heavy atom. The van der Waals surface area contributed by atoms with E-state index in [4.69, 9.17) is 14.2 Å². The zero-order chi connectivity index (χ0) is 22.1. The summed E-state index contributed by atoms with van der Waals surface area (Å²) in [6.07, 6.45) is 4.47. The first-order chi connectivity index (χ1) is 15.1. The second-order valence-corrected chi connectivity index (χ2v) is 6.53. The number of rotatable bonds is 9. The van der Waals surface area contributed by atoms with Gasteiger partial charge in [0.25, 0.3) is 5.91 Å². The molecule has 0 spiro atoms. The molecule has 3 aromatic rings. The van der Waals surface area contributed by atoms with Crippen LogP contribution in [0.3, 0.4) is 0 Å². The van der Waals surface area contributed by atoms with E-state index in [-0.39, 0.29) is 6.61 Å². The fourth-order valence-corrected chi connectivity index (χ4v) is 2.93. The van der Waals surface area contributed by atoms with Gasteiger partial charge in [0.05, 0.1) is 7.11 Å². The highest BCUT2D eigenvalue weighted by Gasteiger charge is 2.08. The van der Waals surface area contributed by atoms with Gasteiger partial charge < -0.3 is 19.5 Å². The molecule has 0 unspecified atom stereocenters. The van der Waals surface area contributed by atoms with Gasteiger partial charge in [-0.1, -0.05) is 55.1 Å². The molecular weight excluding hydrogens is 394 g/mol. The van der Waals surface area contributed by atoms with Gasteiger partial charge >= 0.3 is 5.97 Å². The molecule has 1 N–H and O–H groups in total. The summed E-state index contributed by atoms with van der Waals surface area (Å²) in [5.41, 5.74) is 1.39. The van der Waals surface area contributed by atoms with E-state index in [2.05, 4.69) is 11.9 Å². The number of hydrogen-bond acceptors (Lipinski definition) is 5. The van der Waals surface area contributed by atoms with Crippen LogP contribution in [-0.4, -0.2) is 32.2 Å². The highest BCUT2D eigenvalue weighted by Crippen LogP contribution is 2.28. The van der Waals surface area contributed by atoms with E-state index in [0.717, 1.165) is 16.3 Å². The van der Waals surface area contributed by atoms with Crippen LogP contribution in [0.5, 0.6) is 11.5 Å². The molecule has 1 amide bonds. The second-order valence-electron chi connectivity index (χ2n) is 6.53. The van der Waals surface area contributed by atoms with Crippen LogP contribution in [0.15, 0.2) is 79.4 Å². The van der Waals surface area contributed by atoms with Crippen LogP contribution in [0, 0.1) is 0 Å². The van der Waals surface area contributed by atoms with Gasteiger partial charge in [-0.2, -0.15) is 0 Å². The van der Waals surface area contributed by atoms with E-state index in [0.29, 0.717) is 23.8 Å². The Labute approximate surface area is 180 Å². The van der Waals surface area contributed by atoms with Crippen molar-refractivity contribution in [3.05, 3.63) is 85.0 Å². The highest BCUT2D eigenvalue weighted by molar-refractivity contribution is 6.03. The molecule has 0 atom stereocenters. The largest absolute Gasteiger partial charge is 0.493 e. The van der Waals surface area contributed by atoms with E-state index < -0.39 is 11.9 Å². The number of benzene rings is 3. The fourth-order valence-electron chi connectivity index (χ4n) is 2.93. The zero-order valence-corrected chi connectivity index (χ0v) is 17.2. The van der Waals surface area contributed by atoms with E-state index >= 15 is 0 Å². The maximum Gasteiger partial charge on any atom is 0.331 e. The van der Waals surface area contributed by atoms with Crippen molar-refractivity contribution in [1.29, 1.82) is 0 Å². The minimum absolute atomic E-state index is 0.360. The molecule has 6 heteroatoms. The molecule has 3 rings (SSSR count). The van der Waals surface area contributed by atoms with E-state index in [1.807, 2.05) is 36.4 Å². The van der Waals surface area contributed by atoms with Crippen LogP contribution in [0.4, 0.5) is 5.69 Å². The van der Waals surface area contributed by atoms with Crippen molar-refractivity contribution >= 4 is 34.4 Å². The zero-order valence-electron chi connectivity index (χ0n) is 17.2. The maximum absolute atomic E-state index is 12.2. The molecule has 0 aliphatic rings. The third kappa shape index (κ3) is 5.96. The monoisotopic (exact) mass is 417 g/mol. The number of ether oxygens (including phenoxy) is 3. The van der Waals surface area contributed by atoms with Gasteiger partial charge in [0.1, 0.15) is 6.61 Å². The van der Waals surface area contributed by atoms with Crippen molar-refractivity contribution in [3.8, 4) is 11.5 Å². The van der Waals surface area contributed by atoms with Gasteiger partial charge in [0, 0.05) is 17.1 Å². The summed E-state index contributed by atoms with van der Waals surface area (Å²) >= 11 is 0. The lowest BCUT2D eigenvalue weighted by molar-refractivity contribution is -0.142. The molecule has 0 heterocycles. The van der Waals surface area contributed by atoms with Gasteiger partial charge in [-0.3, -0.25) is 4.79 Å². The minimum atomic E-state index is -0.626. The van der Waals surface area contributed by atoms with Crippen LogP contribution in [0.1, 0.15) is 5.56 Å². The summed E-state index contributed by atoms with van der Waals surface area (Å²) in [6, 6.07) is 18.6. The topological polar surface area (TPSA) is 73.9 Å². The third-order valence-electron chi connectivity index (χ3n) is 4.37. The van der Waals surface area contributed by atoms with Crippen molar-refractivity contribution < 1.29 is 23.8 Å². The van der Waals surface area contributed by atoms with Crippen LogP contribution >= 0.6 is 0 Å². The summed E-state index contributed by atoms with van der Waals surface area (Å²) in [5, 5.41) is 4.70. The molecular formula is C25H23NO5. The molecule has 0 aliphatic heterocycles. The number of nitrogens with one attached hydrogen (secondary N) is 1. The standard InChI is InChI=1S/C25H23NO5/c1-3-15-30-22-13-11-18(16-23(22)29-2)12-14-25(28)31-17-24(27)26-21-10-6-8-19-7-4-5-9-20(19)21/h3-14,16H,1,15,17H2,2H3,(H,26,27)/b14-12+. The van der Waals surface area contributed by atoms with Crippen molar-refractivity contribution in [3.63, 3.8) is 0 Å². The molecule has 0 aliphatic carbocycles. The predicted octanol–water partition coefficient (Wildman–Crippen LogP) is 4.61. The predicted molar refractivity (Wildman–Crippen MR) is 121 cm³/mol. The fraction of sp³-hybridized carbons (Fsp3) is 0.120. The SMILES string of the molecule is C=CCOc1ccc(/C=C/C(=O)OCC(=O)Nc2cccc3ccccc23)cc1OC. The lowest BCUT2D eigenvalue weighted by Crippen LogP contribution is -2.20. The number of hydrogen-bond donors (Lipinski definition) is 1. The number of fused-ring (bicyclic) bond motifs is 1. The Kier molecular flexibility index (Phi) is 7.43. The Hall–Kier alpha value is -4.06. The lowest BCUT2D eigenvalue weighted by atomic mass is 10.1. The molecule has 3 aromatic carbocycles. The van der Waals surface area contributed by atoms with E-state index in [1.54, 1.807) is 36.4 Å². The molecule has 31 heavy (non-hydrogen) atoms. The summed E-state index contributed by atoms with van der Waals surface area (Å²) in [5.74, 6) is 0.0709. The van der Waals surface area contributed by atoms with Crippen molar-refractivity contribution in [2.24, 2.45) is 0 Å². The van der Waals surface area contributed by atoms with Crippen LogP contribution in [-0.2, 0) is 14.3 Å². The summed E-state index contributed by atoms with van der Waals surface area (Å²) < 4.78 is 15.8. The first-order valence-corrected chi connectivity index (χ1v) is 9.65. The highest BCUT2D eigenvalue weighted by atomic mass is 16.5. The van der Waals surface area contributed by atoms with E-state index in [1.165, 1.54) is 13.2 Å². The van der Waals surface area contributed by atoms with Crippen molar-refractivity contribution in [2.45, 2.75) is 0 Å². The molecule has 0 saturated heterocycles. The molecule has 0 aromatic heterocycles. The normalized spacial score (nSPS) is 10.6. The third-order valence-corrected chi connectivity index (χ3v) is 4.37. The Morgan fingerprint density at radius 3 is 2.65 bits per heavy atom. The number of carbonyl (C=O) groups is 2. The van der Waals surface area contributed by atoms with Crippen LogP contribution in [0.2, 0.25) is 0 Å². The average molecular weight is 417 g/mol. The van der Waals surface area contributed by atoms with Crippen molar-refractivity contribution in [2.75, 3.05) is 25.6 Å². The molecule has 0 radical (unpaired) electrons. The summed E-state index contributed by atoms with van der Waals surface area (Å²) in [4.78, 5) is 24.2. The molecule has 0 bridgehead atoms. The average Bonchev–Trinajstić information content (AvgIpc) is 2.80. The van der Waals surface area contributed by atoms with Crippen LogP contribution < -0.4 is 14.8 Å². The molecule has 0 saturated carbocycles. The number of amides is 1. The van der Waals surface area contributed by atoms with Crippen LogP contribution in [0.25, 0.3) is 16.8 Å². The molecule has 6 nitrogen and oxygen atoms in total. The second kappa shape index (κ2) is 10.6. The number of methoxy groups -OCH3 is 1. The van der Waals surface area contributed by atoms with Crippen molar-refractivity contribution in [1.82, 2.24) is 0 Å². The first kappa shape index (κ1) is 21.6. The molecule has 0 fully saturated rings. The molecule has 158 valence electrons. The number of anilines is 1. The maximum atomic E-state index is 12.2. The van der Waals surface area contributed by atoms with Gasteiger partial charge in [0.15, 0.2) is 18.1 Å². The quantitative estimate of drug-likeness (QED) is 0.313. The lowest BCUT2D eigenvalue weighted by Gasteiger charge is -2.10. The minimum Gasteiger partial charge on any atom is -0.493 e. The Morgan fingerprint density at radius 2 is 1.84 bits per heavy atom. The summed E-state index contributed by atoms with van der Waals surface area (Å²) in [6.45, 7) is 3.58. The van der Waals surface area contributed by atoms with Gasteiger partial charge in [0.2, 0.25) is 0 Å². The van der Waals surface area contributed by atoms with Gasteiger partial charge in [-0.25, -0.2) is 4.79 Å². The number of carbonyl (C=O) groups excluding carboxylic acids is 2. The smallest absolute Gasteiger partial charge is 0.331 e. The van der Waals surface area contributed by atoms with Gasteiger partial charge in [-0.05, 0) is 35.2 Å². The Bertz CT molecular complexity index is 1110. The first-order valence-electron chi connectivity index (χ1n) is 9.65. The van der Waals surface area contributed by atoms with Gasteiger partial charge in [-0.15, -0.1) is 0 Å². The Balaban J connectivity index is 1.55.